The first-order valence-corrected chi connectivity index (χ1v) is 17.0. The second kappa shape index (κ2) is 16.0. The van der Waals surface area contributed by atoms with Gasteiger partial charge in [0.15, 0.2) is 12.3 Å². The Bertz CT molecular complexity index is 1450. The molecule has 2 aliphatic heterocycles. The number of nitrogens with zero attached hydrogens (tertiary/aromatic N) is 5. The standard InChI is InChI=1S/C34H47N7O7/c1-4-47-34(46)39-18-16-38(17-19-39)33(45)27(20-23(2)3)36-31(43)26-21-30(41(37-26)25-12-6-5-7-13-25)48-22-29(42)40-15-9-14-28(40)32(44)35-24-10-8-11-24/h5-7,12-13,21,23-24,27-28H,4,8-11,14-20,22H2,1-3H3,(H,35,44)(H,36,43). The van der Waals surface area contributed by atoms with E-state index in [1.165, 1.54) is 10.7 Å². The maximum absolute atomic E-state index is 13.6. The molecule has 5 amide bonds. The summed E-state index contributed by atoms with van der Waals surface area (Å²) in [5, 5.41) is 10.4. The quantitative estimate of drug-likeness (QED) is 0.350. The highest BCUT2D eigenvalue weighted by Gasteiger charge is 2.36. The summed E-state index contributed by atoms with van der Waals surface area (Å²) in [5.41, 5.74) is 0.640. The molecule has 3 heterocycles. The van der Waals surface area contributed by atoms with Gasteiger partial charge in [0.25, 0.3) is 11.8 Å². The number of amides is 5. The first kappa shape index (κ1) is 34.7. The van der Waals surface area contributed by atoms with Crippen molar-refractivity contribution in [3.8, 4) is 11.6 Å². The molecule has 1 aromatic heterocycles. The van der Waals surface area contributed by atoms with E-state index in [2.05, 4.69) is 15.7 Å². The molecule has 0 radical (unpaired) electrons. The zero-order valence-electron chi connectivity index (χ0n) is 28.1. The highest BCUT2D eigenvalue weighted by Crippen LogP contribution is 2.24. The molecule has 2 unspecified atom stereocenters. The lowest BCUT2D eigenvalue weighted by Crippen LogP contribution is -2.56. The number of hydrogen-bond acceptors (Lipinski definition) is 8. The second-order valence-corrected chi connectivity index (χ2v) is 13.0. The Hall–Kier alpha value is -4.62. The molecule has 2 N–H and O–H groups in total. The monoisotopic (exact) mass is 665 g/mol. The molecule has 14 heteroatoms. The number of benzene rings is 1. The fourth-order valence-electron chi connectivity index (χ4n) is 6.21. The van der Waals surface area contributed by atoms with E-state index >= 15 is 0 Å². The van der Waals surface area contributed by atoms with Crippen LogP contribution in [0, 0.1) is 5.92 Å². The average Bonchev–Trinajstić information content (AvgIpc) is 3.73. The van der Waals surface area contributed by atoms with E-state index in [1.54, 1.807) is 33.8 Å². The third kappa shape index (κ3) is 8.45. The van der Waals surface area contributed by atoms with Crippen molar-refractivity contribution in [3.63, 3.8) is 0 Å². The van der Waals surface area contributed by atoms with Gasteiger partial charge in [-0.1, -0.05) is 32.0 Å². The highest BCUT2D eigenvalue weighted by atomic mass is 16.6. The van der Waals surface area contributed by atoms with E-state index < -0.39 is 24.1 Å². The molecule has 3 aliphatic rings. The summed E-state index contributed by atoms with van der Waals surface area (Å²) in [6.45, 7) is 7.46. The molecule has 14 nitrogen and oxygen atoms in total. The number of likely N-dealkylation sites (tertiary alicyclic amines) is 1. The van der Waals surface area contributed by atoms with Gasteiger partial charge in [-0.15, -0.1) is 0 Å². The van der Waals surface area contributed by atoms with Crippen molar-refractivity contribution < 1.29 is 33.4 Å². The molecule has 1 saturated carbocycles. The second-order valence-electron chi connectivity index (χ2n) is 13.0. The lowest BCUT2D eigenvalue weighted by atomic mass is 9.93. The van der Waals surface area contributed by atoms with E-state index in [0.717, 1.165) is 25.7 Å². The first-order chi connectivity index (χ1) is 23.1. The van der Waals surface area contributed by atoms with Crippen LogP contribution in [0.1, 0.15) is 69.8 Å². The SMILES string of the molecule is CCOC(=O)N1CCN(C(=O)C(CC(C)C)NC(=O)c2cc(OCC(=O)N3CCCC3C(=O)NC3CCC3)n(-c3ccccc3)n2)CC1. The molecule has 1 aromatic carbocycles. The largest absolute Gasteiger partial charge is 0.467 e. The van der Waals surface area contributed by atoms with Gasteiger partial charge in [0.1, 0.15) is 12.1 Å². The maximum atomic E-state index is 13.6. The van der Waals surface area contributed by atoms with E-state index in [4.69, 9.17) is 9.47 Å². The van der Waals surface area contributed by atoms with Crippen LogP contribution in [-0.2, 0) is 19.1 Å². The Kier molecular flexibility index (Phi) is 11.6. The van der Waals surface area contributed by atoms with Gasteiger partial charge in [0.2, 0.25) is 17.7 Å². The van der Waals surface area contributed by atoms with Gasteiger partial charge in [-0.3, -0.25) is 19.2 Å². The maximum Gasteiger partial charge on any atom is 0.409 e. The zero-order valence-corrected chi connectivity index (χ0v) is 28.1. The van der Waals surface area contributed by atoms with Crippen LogP contribution in [0.5, 0.6) is 5.88 Å². The van der Waals surface area contributed by atoms with E-state index in [9.17, 15) is 24.0 Å². The number of hydrogen-bond donors (Lipinski definition) is 2. The molecular formula is C34H47N7O7. The Balaban J connectivity index is 1.26. The van der Waals surface area contributed by atoms with Crippen LogP contribution in [0.15, 0.2) is 36.4 Å². The fraction of sp³-hybridized carbons (Fsp3) is 0.588. The summed E-state index contributed by atoms with van der Waals surface area (Å²) in [5.74, 6) is -0.943. The van der Waals surface area contributed by atoms with Gasteiger partial charge in [0, 0.05) is 44.8 Å². The van der Waals surface area contributed by atoms with E-state index in [1.807, 2.05) is 32.0 Å². The van der Waals surface area contributed by atoms with Crippen molar-refractivity contribution in [2.45, 2.75) is 77.4 Å². The number of carbonyl (C=O) groups is 5. The summed E-state index contributed by atoms with van der Waals surface area (Å²) in [7, 11) is 0. The lowest BCUT2D eigenvalue weighted by Gasteiger charge is -2.36. The Morgan fingerprint density at radius 3 is 2.29 bits per heavy atom. The molecule has 3 fully saturated rings. The van der Waals surface area contributed by atoms with Crippen LogP contribution in [0.4, 0.5) is 4.79 Å². The van der Waals surface area contributed by atoms with Crippen LogP contribution in [0.25, 0.3) is 5.69 Å². The van der Waals surface area contributed by atoms with Gasteiger partial charge >= 0.3 is 6.09 Å². The van der Waals surface area contributed by atoms with Crippen LogP contribution >= 0.6 is 0 Å². The smallest absolute Gasteiger partial charge is 0.409 e. The topological polar surface area (TPSA) is 155 Å². The number of para-hydroxylation sites is 1. The van der Waals surface area contributed by atoms with Gasteiger partial charge in [-0.05, 0) is 63.5 Å². The number of ether oxygens (including phenoxy) is 2. The normalized spacial score (nSPS) is 18.7. The Labute approximate surface area is 281 Å². The molecule has 1 aliphatic carbocycles. The number of carbonyl (C=O) groups excluding carboxylic acids is 5. The van der Waals surface area contributed by atoms with Crippen molar-refractivity contribution in [2.24, 2.45) is 5.92 Å². The molecule has 0 spiro atoms. The van der Waals surface area contributed by atoms with Crippen LogP contribution in [0.3, 0.4) is 0 Å². The third-order valence-electron chi connectivity index (χ3n) is 9.01. The number of rotatable bonds is 12. The highest BCUT2D eigenvalue weighted by molar-refractivity contribution is 5.96. The molecule has 2 aromatic rings. The summed E-state index contributed by atoms with van der Waals surface area (Å²) in [4.78, 5) is 70.3. The molecule has 260 valence electrons. The van der Waals surface area contributed by atoms with Gasteiger partial charge in [-0.25, -0.2) is 9.48 Å². The lowest BCUT2D eigenvalue weighted by molar-refractivity contribution is -0.140. The van der Waals surface area contributed by atoms with Crippen LogP contribution < -0.4 is 15.4 Å². The molecule has 0 bridgehead atoms. The zero-order chi connectivity index (χ0) is 34.2. The minimum atomic E-state index is -0.808. The molecule has 48 heavy (non-hydrogen) atoms. The fourth-order valence-corrected chi connectivity index (χ4v) is 6.21. The van der Waals surface area contributed by atoms with E-state index in [-0.39, 0.29) is 54.5 Å². The van der Waals surface area contributed by atoms with Gasteiger partial charge < -0.3 is 34.8 Å². The Morgan fingerprint density at radius 1 is 0.938 bits per heavy atom. The van der Waals surface area contributed by atoms with Gasteiger partial charge in [0.05, 0.1) is 12.3 Å². The average molecular weight is 666 g/mol. The minimum Gasteiger partial charge on any atom is -0.467 e. The van der Waals surface area contributed by atoms with Gasteiger partial charge in [-0.2, -0.15) is 5.10 Å². The van der Waals surface area contributed by atoms with Crippen molar-refractivity contribution >= 4 is 29.7 Å². The Morgan fingerprint density at radius 2 is 1.65 bits per heavy atom. The predicted octanol–water partition coefficient (Wildman–Crippen LogP) is 2.36. The first-order valence-electron chi connectivity index (χ1n) is 17.0. The number of aromatic nitrogens is 2. The molecule has 5 rings (SSSR count). The molecule has 2 atom stereocenters. The van der Waals surface area contributed by atoms with E-state index in [0.29, 0.717) is 51.3 Å². The summed E-state index contributed by atoms with van der Waals surface area (Å²) in [6, 6.07) is 9.39. The minimum absolute atomic E-state index is 0.0221. The third-order valence-corrected chi connectivity index (χ3v) is 9.01. The summed E-state index contributed by atoms with van der Waals surface area (Å²) in [6.07, 6.45) is 4.38. The predicted molar refractivity (Wildman–Crippen MR) is 175 cm³/mol. The molecular weight excluding hydrogens is 618 g/mol. The van der Waals surface area contributed by atoms with Crippen LogP contribution in [-0.4, -0.2) is 118 Å². The number of nitrogens with one attached hydrogen (secondary N) is 2. The van der Waals surface area contributed by atoms with Crippen molar-refractivity contribution in [3.05, 3.63) is 42.1 Å². The van der Waals surface area contributed by atoms with Crippen molar-refractivity contribution in [1.29, 1.82) is 0 Å². The summed E-state index contributed by atoms with van der Waals surface area (Å²) >= 11 is 0. The molecule has 2 saturated heterocycles. The van der Waals surface area contributed by atoms with Crippen molar-refractivity contribution in [1.82, 2.24) is 35.1 Å². The van der Waals surface area contributed by atoms with Crippen LogP contribution in [0.2, 0.25) is 0 Å². The van der Waals surface area contributed by atoms with Crippen molar-refractivity contribution in [2.75, 3.05) is 45.9 Å². The number of piperazine rings is 1. The summed E-state index contributed by atoms with van der Waals surface area (Å²) < 4.78 is 12.5.